The highest BCUT2D eigenvalue weighted by Gasteiger charge is 2.25. The molecule has 0 saturated heterocycles. The molecule has 0 radical (unpaired) electrons. The standard InChI is InChI=1S/C14H23N3O3/c1-6-11-13(10(5)20-16-11)14(19)17(7-2)8-12(18)15-9(3)4/h9H,6-8H2,1-5H3,(H,15,18). The number of nitrogens with one attached hydrogen (secondary N) is 1. The maximum atomic E-state index is 12.5. The van der Waals surface area contributed by atoms with E-state index in [9.17, 15) is 9.59 Å². The fourth-order valence-electron chi connectivity index (χ4n) is 1.96. The maximum Gasteiger partial charge on any atom is 0.259 e. The van der Waals surface area contributed by atoms with Crippen LogP contribution in [0, 0.1) is 6.92 Å². The lowest BCUT2D eigenvalue weighted by Gasteiger charge is -2.21. The van der Waals surface area contributed by atoms with Crippen molar-refractivity contribution in [2.45, 2.75) is 47.1 Å². The van der Waals surface area contributed by atoms with Crippen LogP contribution in [0.2, 0.25) is 0 Å². The van der Waals surface area contributed by atoms with Crippen LogP contribution in [0.4, 0.5) is 0 Å². The van der Waals surface area contributed by atoms with Gasteiger partial charge in [0.05, 0.1) is 12.2 Å². The molecule has 0 aliphatic carbocycles. The van der Waals surface area contributed by atoms with Crippen molar-refractivity contribution in [1.29, 1.82) is 0 Å². The first-order valence-electron chi connectivity index (χ1n) is 6.94. The van der Waals surface area contributed by atoms with E-state index < -0.39 is 0 Å². The number of amides is 2. The Morgan fingerprint density at radius 2 is 2.00 bits per heavy atom. The average molecular weight is 281 g/mol. The molecule has 0 atom stereocenters. The van der Waals surface area contributed by atoms with E-state index in [0.29, 0.717) is 30.0 Å². The van der Waals surface area contributed by atoms with Gasteiger partial charge in [-0.1, -0.05) is 12.1 Å². The van der Waals surface area contributed by atoms with Crippen molar-refractivity contribution in [3.63, 3.8) is 0 Å². The molecule has 1 heterocycles. The van der Waals surface area contributed by atoms with Crippen LogP contribution in [0.1, 0.15) is 49.5 Å². The SMILES string of the molecule is CCc1noc(C)c1C(=O)N(CC)CC(=O)NC(C)C. The third kappa shape index (κ3) is 3.82. The minimum absolute atomic E-state index is 0.0429. The molecule has 0 aliphatic heterocycles. The molecule has 0 fully saturated rings. The number of rotatable bonds is 6. The molecule has 1 aromatic heterocycles. The fourth-order valence-corrected chi connectivity index (χ4v) is 1.96. The molecular formula is C14H23N3O3. The van der Waals surface area contributed by atoms with E-state index >= 15 is 0 Å². The third-order valence-corrected chi connectivity index (χ3v) is 2.94. The van der Waals surface area contributed by atoms with E-state index in [2.05, 4.69) is 10.5 Å². The normalized spacial score (nSPS) is 10.7. The topological polar surface area (TPSA) is 75.4 Å². The lowest BCUT2D eigenvalue weighted by atomic mass is 10.1. The van der Waals surface area contributed by atoms with Crippen LogP contribution in [-0.2, 0) is 11.2 Å². The van der Waals surface area contributed by atoms with Crippen molar-refractivity contribution in [2.24, 2.45) is 0 Å². The summed E-state index contributed by atoms with van der Waals surface area (Å²) in [7, 11) is 0. The lowest BCUT2D eigenvalue weighted by molar-refractivity contribution is -0.122. The van der Waals surface area contributed by atoms with Crippen LogP contribution >= 0.6 is 0 Å². The first-order valence-corrected chi connectivity index (χ1v) is 6.94. The Hall–Kier alpha value is -1.85. The van der Waals surface area contributed by atoms with Gasteiger partial charge >= 0.3 is 0 Å². The minimum Gasteiger partial charge on any atom is -0.361 e. The molecule has 0 unspecified atom stereocenters. The Labute approximate surface area is 119 Å². The molecule has 2 amide bonds. The number of carbonyl (C=O) groups excluding carboxylic acids is 2. The van der Waals surface area contributed by atoms with E-state index in [0.717, 1.165) is 0 Å². The van der Waals surface area contributed by atoms with Crippen molar-refractivity contribution in [3.8, 4) is 0 Å². The first-order chi connectivity index (χ1) is 9.40. The van der Waals surface area contributed by atoms with Gasteiger partial charge in [0.1, 0.15) is 11.3 Å². The Morgan fingerprint density at radius 3 is 2.50 bits per heavy atom. The summed E-state index contributed by atoms with van der Waals surface area (Å²) in [4.78, 5) is 25.8. The second-order valence-electron chi connectivity index (χ2n) is 4.96. The number of aryl methyl sites for hydroxylation is 2. The van der Waals surface area contributed by atoms with Crippen molar-refractivity contribution in [1.82, 2.24) is 15.4 Å². The molecule has 1 N–H and O–H groups in total. The quantitative estimate of drug-likeness (QED) is 0.858. The molecule has 0 saturated carbocycles. The molecule has 1 rings (SSSR count). The maximum absolute atomic E-state index is 12.5. The number of nitrogens with zero attached hydrogens (tertiary/aromatic N) is 2. The van der Waals surface area contributed by atoms with Gasteiger partial charge in [-0.25, -0.2) is 0 Å². The monoisotopic (exact) mass is 281 g/mol. The van der Waals surface area contributed by atoms with Gasteiger partial charge in [-0.05, 0) is 34.1 Å². The number of carbonyl (C=O) groups is 2. The van der Waals surface area contributed by atoms with Gasteiger partial charge < -0.3 is 14.7 Å². The molecule has 20 heavy (non-hydrogen) atoms. The van der Waals surface area contributed by atoms with Crippen molar-refractivity contribution in [2.75, 3.05) is 13.1 Å². The van der Waals surface area contributed by atoms with E-state index in [-0.39, 0.29) is 24.4 Å². The van der Waals surface area contributed by atoms with E-state index in [1.165, 1.54) is 4.90 Å². The molecular weight excluding hydrogens is 258 g/mol. The van der Waals surface area contributed by atoms with Crippen LogP contribution < -0.4 is 5.32 Å². The molecule has 112 valence electrons. The Balaban J connectivity index is 2.86. The van der Waals surface area contributed by atoms with Crippen LogP contribution in [0.3, 0.4) is 0 Å². The Bertz CT molecular complexity index is 480. The van der Waals surface area contributed by atoms with E-state index in [1.807, 2.05) is 27.7 Å². The molecule has 1 aromatic rings. The van der Waals surface area contributed by atoms with Crippen LogP contribution in [0.5, 0.6) is 0 Å². The van der Waals surface area contributed by atoms with Crippen molar-refractivity contribution in [3.05, 3.63) is 17.0 Å². The van der Waals surface area contributed by atoms with Gasteiger partial charge in [0.25, 0.3) is 5.91 Å². The van der Waals surface area contributed by atoms with Gasteiger partial charge in [0, 0.05) is 12.6 Å². The second-order valence-corrected chi connectivity index (χ2v) is 4.96. The predicted octanol–water partition coefficient (Wildman–Crippen LogP) is 1.53. The lowest BCUT2D eigenvalue weighted by Crippen LogP contribution is -2.42. The highest BCUT2D eigenvalue weighted by Crippen LogP contribution is 2.16. The van der Waals surface area contributed by atoms with Crippen LogP contribution in [0.25, 0.3) is 0 Å². The van der Waals surface area contributed by atoms with Gasteiger partial charge in [-0.2, -0.15) is 0 Å². The molecule has 0 aromatic carbocycles. The number of likely N-dealkylation sites (N-methyl/N-ethyl adjacent to an activating group) is 1. The summed E-state index contributed by atoms with van der Waals surface area (Å²) >= 11 is 0. The minimum atomic E-state index is -0.206. The fraction of sp³-hybridized carbons (Fsp3) is 0.643. The highest BCUT2D eigenvalue weighted by molar-refractivity contribution is 5.98. The number of aromatic nitrogens is 1. The first kappa shape index (κ1) is 16.2. The van der Waals surface area contributed by atoms with Gasteiger partial charge in [-0.15, -0.1) is 0 Å². The Morgan fingerprint density at radius 1 is 1.35 bits per heavy atom. The highest BCUT2D eigenvalue weighted by atomic mass is 16.5. The smallest absolute Gasteiger partial charge is 0.259 e. The van der Waals surface area contributed by atoms with Gasteiger partial charge in [0.15, 0.2) is 0 Å². The zero-order valence-electron chi connectivity index (χ0n) is 12.8. The summed E-state index contributed by atoms with van der Waals surface area (Å²) in [6.45, 7) is 9.73. The number of hydrogen-bond acceptors (Lipinski definition) is 4. The zero-order valence-corrected chi connectivity index (χ0v) is 12.8. The second kappa shape index (κ2) is 7.07. The summed E-state index contributed by atoms with van der Waals surface area (Å²) in [6.07, 6.45) is 0.619. The summed E-state index contributed by atoms with van der Waals surface area (Å²) in [5, 5.41) is 6.66. The van der Waals surface area contributed by atoms with E-state index in [1.54, 1.807) is 6.92 Å². The summed E-state index contributed by atoms with van der Waals surface area (Å²) in [5.74, 6) is 0.124. The summed E-state index contributed by atoms with van der Waals surface area (Å²) in [6, 6.07) is 0.0554. The van der Waals surface area contributed by atoms with Crippen LogP contribution in [0.15, 0.2) is 4.52 Å². The largest absolute Gasteiger partial charge is 0.361 e. The molecule has 6 heteroatoms. The molecule has 0 bridgehead atoms. The van der Waals surface area contributed by atoms with Crippen molar-refractivity contribution >= 4 is 11.8 Å². The van der Waals surface area contributed by atoms with E-state index in [4.69, 9.17) is 4.52 Å². The van der Waals surface area contributed by atoms with Gasteiger partial charge in [-0.3, -0.25) is 9.59 Å². The molecule has 0 spiro atoms. The third-order valence-electron chi connectivity index (χ3n) is 2.94. The van der Waals surface area contributed by atoms with Crippen molar-refractivity contribution < 1.29 is 14.1 Å². The summed E-state index contributed by atoms with van der Waals surface area (Å²) in [5.41, 5.74) is 1.11. The number of hydrogen-bond donors (Lipinski definition) is 1. The average Bonchev–Trinajstić information content (AvgIpc) is 2.75. The van der Waals surface area contributed by atoms with Crippen LogP contribution in [-0.4, -0.2) is 41.0 Å². The predicted molar refractivity (Wildman–Crippen MR) is 75.5 cm³/mol. The molecule has 6 nitrogen and oxygen atoms in total. The molecule has 0 aliphatic rings. The van der Waals surface area contributed by atoms with Gasteiger partial charge in [0.2, 0.25) is 5.91 Å². The summed E-state index contributed by atoms with van der Waals surface area (Å²) < 4.78 is 5.07. The zero-order chi connectivity index (χ0) is 15.3. The Kier molecular flexibility index (Phi) is 5.73.